The van der Waals surface area contributed by atoms with E-state index < -0.39 is 15.9 Å². The maximum Gasteiger partial charge on any atom is 0.252 e. The van der Waals surface area contributed by atoms with Crippen LogP contribution in [-0.2, 0) is 16.6 Å². The summed E-state index contributed by atoms with van der Waals surface area (Å²) in [6.07, 6.45) is 2.88. The van der Waals surface area contributed by atoms with E-state index in [4.69, 9.17) is 21.3 Å². The van der Waals surface area contributed by atoms with Crippen molar-refractivity contribution in [2.24, 2.45) is 21.5 Å². The van der Waals surface area contributed by atoms with E-state index in [0.29, 0.717) is 12.3 Å². The molecule has 31 heavy (non-hydrogen) atoms. The van der Waals surface area contributed by atoms with Crippen molar-refractivity contribution in [3.63, 3.8) is 0 Å². The number of rotatable bonds is 11. The number of nitrogens with zero attached hydrogens (tertiary/aromatic N) is 3. The van der Waals surface area contributed by atoms with Gasteiger partial charge in [-0.2, -0.15) is 4.31 Å². The normalized spacial score (nSPS) is 14.3. The molecule has 0 spiro atoms. The number of nitrogens with two attached hydrogens (primary N) is 2. The first-order valence-corrected chi connectivity index (χ1v) is 11.6. The van der Waals surface area contributed by atoms with Crippen molar-refractivity contribution in [3.05, 3.63) is 45.8 Å². The SMILES string of the molecule is CCN(CC)S(=O)(=O)/C(S/C=C/N=C(CNCc1ccco1)N=C(N)C(=N)N)=C(/C)O. The van der Waals surface area contributed by atoms with Gasteiger partial charge in [0.25, 0.3) is 10.0 Å². The zero-order chi connectivity index (χ0) is 23.4. The summed E-state index contributed by atoms with van der Waals surface area (Å²) in [5.41, 5.74) is 10.9. The second kappa shape index (κ2) is 12.9. The van der Waals surface area contributed by atoms with Crippen molar-refractivity contribution in [1.82, 2.24) is 9.62 Å². The van der Waals surface area contributed by atoms with Gasteiger partial charge in [-0.3, -0.25) is 5.41 Å². The Kier molecular flexibility index (Phi) is 11.0. The smallest absolute Gasteiger partial charge is 0.252 e. The van der Waals surface area contributed by atoms with Crippen LogP contribution in [0, 0.1) is 5.41 Å². The number of nitrogens with one attached hydrogen (secondary N) is 2. The number of hydrogen-bond acceptors (Lipinski definition) is 8. The average Bonchev–Trinajstić information content (AvgIpc) is 3.21. The fourth-order valence-corrected chi connectivity index (χ4v) is 4.92. The summed E-state index contributed by atoms with van der Waals surface area (Å²) in [7, 11) is -3.82. The standard InChI is InChI=1S/C18H29N7O4S2/c1-4-25(5-2)31(27,28)18(13(3)26)30-10-8-23-15(24-17(21)16(19)20)12-22-11-14-7-6-9-29-14/h6-10,22,26H,4-5,11-12H2,1-3H3,(H3,19,20)(H2,21,23,24)/b10-8+,18-13-. The van der Waals surface area contributed by atoms with Gasteiger partial charge in [-0.15, -0.1) is 0 Å². The van der Waals surface area contributed by atoms with E-state index in [9.17, 15) is 13.5 Å². The number of amidine groups is 3. The van der Waals surface area contributed by atoms with Crippen molar-refractivity contribution >= 4 is 39.3 Å². The molecule has 0 radical (unpaired) electrons. The topological polar surface area (TPSA) is 183 Å². The molecular formula is C18H29N7O4S2. The number of aliphatic hydroxyl groups is 1. The van der Waals surface area contributed by atoms with Crippen LogP contribution in [0.2, 0.25) is 0 Å². The maximum atomic E-state index is 12.7. The molecule has 1 heterocycles. The molecule has 0 aromatic carbocycles. The van der Waals surface area contributed by atoms with Gasteiger partial charge in [0.15, 0.2) is 15.9 Å². The first-order valence-electron chi connectivity index (χ1n) is 9.33. The van der Waals surface area contributed by atoms with Crippen molar-refractivity contribution < 1.29 is 17.9 Å². The van der Waals surface area contributed by atoms with Gasteiger partial charge in [-0.1, -0.05) is 25.6 Å². The molecule has 13 heteroatoms. The van der Waals surface area contributed by atoms with Crippen LogP contribution in [0.4, 0.5) is 0 Å². The summed E-state index contributed by atoms with van der Waals surface area (Å²) >= 11 is 0.815. The Labute approximate surface area is 186 Å². The first kappa shape index (κ1) is 26.4. The van der Waals surface area contributed by atoms with Crippen LogP contribution in [0.25, 0.3) is 0 Å². The van der Waals surface area contributed by atoms with E-state index in [2.05, 4.69) is 15.3 Å². The van der Waals surface area contributed by atoms with Crippen molar-refractivity contribution in [2.45, 2.75) is 27.3 Å². The molecule has 0 aliphatic carbocycles. The molecule has 0 aliphatic rings. The molecular weight excluding hydrogens is 442 g/mol. The Morgan fingerprint density at radius 2 is 2.06 bits per heavy atom. The summed E-state index contributed by atoms with van der Waals surface area (Å²) in [5.74, 6) is 0.0153. The van der Waals surface area contributed by atoms with Gasteiger partial charge in [0.05, 0.1) is 19.4 Å². The van der Waals surface area contributed by atoms with Gasteiger partial charge in [0.2, 0.25) is 0 Å². The Morgan fingerprint density at radius 3 is 2.58 bits per heavy atom. The zero-order valence-electron chi connectivity index (χ0n) is 17.7. The molecule has 0 aliphatic heterocycles. The molecule has 11 nitrogen and oxygen atoms in total. The third kappa shape index (κ3) is 8.57. The molecule has 0 bridgehead atoms. The lowest BCUT2D eigenvalue weighted by molar-refractivity contribution is 0.410. The predicted molar refractivity (Wildman–Crippen MR) is 125 cm³/mol. The van der Waals surface area contributed by atoms with E-state index in [-0.39, 0.29) is 41.3 Å². The molecule has 0 saturated heterocycles. The molecule has 0 unspecified atom stereocenters. The van der Waals surface area contributed by atoms with E-state index in [1.54, 1.807) is 32.2 Å². The monoisotopic (exact) mass is 471 g/mol. The zero-order valence-corrected chi connectivity index (χ0v) is 19.3. The molecule has 172 valence electrons. The summed E-state index contributed by atoms with van der Waals surface area (Å²) in [5, 5.41) is 21.7. The first-order chi connectivity index (χ1) is 14.6. The van der Waals surface area contributed by atoms with E-state index in [0.717, 1.165) is 11.8 Å². The fraction of sp³-hybridized carbons (Fsp3) is 0.389. The maximum absolute atomic E-state index is 12.7. The van der Waals surface area contributed by atoms with Crippen LogP contribution >= 0.6 is 11.8 Å². The van der Waals surface area contributed by atoms with Crippen molar-refractivity contribution in [3.8, 4) is 0 Å². The highest BCUT2D eigenvalue weighted by Gasteiger charge is 2.26. The molecule has 1 aromatic heterocycles. The number of sulfonamides is 1. The Bertz CT molecular complexity index is 944. The minimum absolute atomic E-state index is 0.184. The lowest BCUT2D eigenvalue weighted by Gasteiger charge is -2.19. The Morgan fingerprint density at radius 1 is 1.39 bits per heavy atom. The molecule has 0 amide bonds. The average molecular weight is 472 g/mol. The van der Waals surface area contributed by atoms with Crippen LogP contribution in [-0.4, -0.2) is 55.0 Å². The van der Waals surface area contributed by atoms with Gasteiger partial charge in [0, 0.05) is 19.3 Å². The summed E-state index contributed by atoms with van der Waals surface area (Å²) < 4.78 is 31.6. The quantitative estimate of drug-likeness (QED) is 0.183. The Hall–Kier alpha value is -2.61. The molecule has 1 rings (SSSR count). The van der Waals surface area contributed by atoms with Crippen LogP contribution < -0.4 is 16.8 Å². The fourth-order valence-electron chi connectivity index (χ4n) is 2.25. The van der Waals surface area contributed by atoms with Crippen LogP contribution in [0.1, 0.15) is 26.5 Å². The van der Waals surface area contributed by atoms with Crippen molar-refractivity contribution in [1.29, 1.82) is 5.41 Å². The summed E-state index contributed by atoms with van der Waals surface area (Å²) in [4.78, 5) is 8.16. The highest BCUT2D eigenvalue weighted by Crippen LogP contribution is 2.28. The highest BCUT2D eigenvalue weighted by atomic mass is 32.3. The van der Waals surface area contributed by atoms with Crippen LogP contribution in [0.15, 0.2) is 54.4 Å². The van der Waals surface area contributed by atoms with Crippen LogP contribution in [0.3, 0.4) is 0 Å². The number of furan rings is 1. The van der Waals surface area contributed by atoms with E-state index in [1.807, 2.05) is 0 Å². The third-order valence-electron chi connectivity index (χ3n) is 3.72. The number of hydrogen-bond donors (Lipinski definition) is 5. The highest BCUT2D eigenvalue weighted by molar-refractivity contribution is 8.19. The lowest BCUT2D eigenvalue weighted by Crippen LogP contribution is -2.32. The van der Waals surface area contributed by atoms with Gasteiger partial charge in [-0.25, -0.2) is 18.4 Å². The van der Waals surface area contributed by atoms with Crippen molar-refractivity contribution in [2.75, 3.05) is 19.6 Å². The number of allylic oxidation sites excluding steroid dienone is 1. The van der Waals surface area contributed by atoms with Gasteiger partial charge in [-0.05, 0) is 24.5 Å². The lowest BCUT2D eigenvalue weighted by atomic mass is 10.4. The molecule has 0 atom stereocenters. The minimum atomic E-state index is -3.82. The van der Waals surface area contributed by atoms with Gasteiger partial charge < -0.3 is 26.3 Å². The summed E-state index contributed by atoms with van der Waals surface area (Å²) in [6, 6.07) is 3.56. The van der Waals surface area contributed by atoms with E-state index >= 15 is 0 Å². The third-order valence-corrected chi connectivity index (χ3v) is 7.37. The molecule has 7 N–H and O–H groups in total. The second-order valence-electron chi connectivity index (χ2n) is 6.00. The number of aliphatic imine (C=N–C) groups is 2. The predicted octanol–water partition coefficient (Wildman–Crippen LogP) is 1.68. The second-order valence-corrected chi connectivity index (χ2v) is 9.05. The minimum Gasteiger partial charge on any atom is -0.511 e. The van der Waals surface area contributed by atoms with Gasteiger partial charge in [0.1, 0.15) is 17.4 Å². The molecule has 1 aromatic rings. The van der Waals surface area contributed by atoms with Crippen LogP contribution in [0.5, 0.6) is 0 Å². The summed E-state index contributed by atoms with van der Waals surface area (Å²) in [6.45, 7) is 5.90. The van der Waals surface area contributed by atoms with Gasteiger partial charge >= 0.3 is 0 Å². The largest absolute Gasteiger partial charge is 0.511 e. The number of thioether (sulfide) groups is 1. The molecule has 0 saturated carbocycles. The molecule has 0 fully saturated rings. The number of aliphatic hydroxyl groups excluding tert-OH is 1. The van der Waals surface area contributed by atoms with E-state index in [1.165, 1.54) is 22.8 Å². The Balaban J connectivity index is 2.97.